The highest BCUT2D eigenvalue weighted by Crippen LogP contribution is 2.18. The van der Waals surface area contributed by atoms with E-state index in [1.165, 1.54) is 11.1 Å². The molecule has 0 radical (unpaired) electrons. The molecule has 0 unspecified atom stereocenters. The van der Waals surface area contributed by atoms with E-state index >= 15 is 0 Å². The number of rotatable bonds is 5. The van der Waals surface area contributed by atoms with Crippen molar-refractivity contribution in [1.29, 1.82) is 0 Å². The van der Waals surface area contributed by atoms with E-state index in [1.807, 2.05) is 4.57 Å². The van der Waals surface area contributed by atoms with Gasteiger partial charge < -0.3 is 9.88 Å². The summed E-state index contributed by atoms with van der Waals surface area (Å²) in [7, 11) is 0. The molecule has 0 bridgehead atoms. The van der Waals surface area contributed by atoms with Crippen LogP contribution < -0.4 is 5.32 Å². The van der Waals surface area contributed by atoms with Crippen LogP contribution in [0.1, 0.15) is 23.9 Å². The number of benzene rings is 1. The summed E-state index contributed by atoms with van der Waals surface area (Å²) >= 11 is 3.58. The molecule has 0 saturated carbocycles. The maximum atomic E-state index is 4.09. The van der Waals surface area contributed by atoms with Gasteiger partial charge in [-0.25, -0.2) is 0 Å². The summed E-state index contributed by atoms with van der Waals surface area (Å²) in [5.74, 6) is 0.973. The lowest BCUT2D eigenvalue weighted by Gasteiger charge is -2.08. The minimum Gasteiger partial charge on any atom is -0.317 e. The van der Waals surface area contributed by atoms with Gasteiger partial charge in [-0.1, -0.05) is 28.1 Å². The molecule has 4 nitrogen and oxygen atoms in total. The lowest BCUT2D eigenvalue weighted by Crippen LogP contribution is -2.16. The summed E-state index contributed by atoms with van der Waals surface area (Å²) in [5, 5.41) is 11.4. The van der Waals surface area contributed by atoms with Crippen LogP contribution in [-0.4, -0.2) is 14.8 Å². The smallest absolute Gasteiger partial charge is 0.146 e. The number of aryl methyl sites for hydroxylation is 2. The summed E-state index contributed by atoms with van der Waals surface area (Å²) in [4.78, 5) is 0. The van der Waals surface area contributed by atoms with Crippen LogP contribution in [0.25, 0.3) is 0 Å². The SMILES string of the molecule is CCn1cnnc1CNCc1ccc(C)cc1Br. The molecule has 0 fully saturated rings. The summed E-state index contributed by atoms with van der Waals surface area (Å²) in [5.41, 5.74) is 2.51. The molecule has 0 aliphatic carbocycles. The summed E-state index contributed by atoms with van der Waals surface area (Å²) in [6.07, 6.45) is 1.76. The predicted molar refractivity (Wildman–Crippen MR) is 75.1 cm³/mol. The van der Waals surface area contributed by atoms with Gasteiger partial charge in [0.2, 0.25) is 0 Å². The Hall–Kier alpha value is -1.20. The van der Waals surface area contributed by atoms with Crippen molar-refractivity contribution in [3.8, 4) is 0 Å². The fraction of sp³-hybridized carbons (Fsp3) is 0.385. The minimum absolute atomic E-state index is 0.730. The van der Waals surface area contributed by atoms with Crippen molar-refractivity contribution in [1.82, 2.24) is 20.1 Å². The molecule has 0 aliphatic rings. The first-order chi connectivity index (χ1) is 8.70. The standard InChI is InChI=1S/C13H17BrN4/c1-3-18-9-16-17-13(18)8-15-7-11-5-4-10(2)6-12(11)14/h4-6,9,15H,3,7-8H2,1-2H3. The van der Waals surface area contributed by atoms with Crippen molar-refractivity contribution in [3.63, 3.8) is 0 Å². The van der Waals surface area contributed by atoms with Gasteiger partial charge in [-0.05, 0) is 31.0 Å². The molecule has 0 atom stereocenters. The van der Waals surface area contributed by atoms with Gasteiger partial charge in [-0.3, -0.25) is 0 Å². The second kappa shape index (κ2) is 6.11. The largest absolute Gasteiger partial charge is 0.317 e. The van der Waals surface area contributed by atoms with E-state index < -0.39 is 0 Å². The molecular weight excluding hydrogens is 292 g/mol. The van der Waals surface area contributed by atoms with Gasteiger partial charge in [0.25, 0.3) is 0 Å². The number of halogens is 1. The fourth-order valence-corrected chi connectivity index (χ4v) is 2.42. The molecule has 0 aliphatic heterocycles. The van der Waals surface area contributed by atoms with Gasteiger partial charge in [0.15, 0.2) is 0 Å². The van der Waals surface area contributed by atoms with Crippen LogP contribution in [-0.2, 0) is 19.6 Å². The number of hydrogen-bond acceptors (Lipinski definition) is 3. The average Bonchev–Trinajstić information content (AvgIpc) is 2.79. The van der Waals surface area contributed by atoms with E-state index in [9.17, 15) is 0 Å². The molecule has 2 aromatic rings. The molecule has 0 spiro atoms. The normalized spacial score (nSPS) is 10.8. The Labute approximate surface area is 116 Å². The molecule has 1 aromatic carbocycles. The topological polar surface area (TPSA) is 42.7 Å². The van der Waals surface area contributed by atoms with Gasteiger partial charge in [-0.2, -0.15) is 0 Å². The molecule has 5 heteroatoms. The molecule has 1 heterocycles. The van der Waals surface area contributed by atoms with Crippen molar-refractivity contribution in [2.75, 3.05) is 0 Å². The Morgan fingerprint density at radius 3 is 2.89 bits per heavy atom. The maximum Gasteiger partial charge on any atom is 0.146 e. The van der Waals surface area contributed by atoms with Gasteiger partial charge in [0.05, 0.1) is 6.54 Å². The van der Waals surface area contributed by atoms with Crippen LogP contribution in [0.4, 0.5) is 0 Å². The second-order valence-electron chi connectivity index (χ2n) is 4.23. The van der Waals surface area contributed by atoms with Crippen molar-refractivity contribution < 1.29 is 0 Å². The van der Waals surface area contributed by atoms with E-state index in [2.05, 4.69) is 63.5 Å². The first-order valence-electron chi connectivity index (χ1n) is 6.03. The predicted octanol–water partition coefficient (Wildman–Crippen LogP) is 2.66. The first-order valence-corrected chi connectivity index (χ1v) is 6.82. The highest BCUT2D eigenvalue weighted by atomic mass is 79.9. The van der Waals surface area contributed by atoms with E-state index in [-0.39, 0.29) is 0 Å². The van der Waals surface area contributed by atoms with Gasteiger partial charge in [0.1, 0.15) is 12.2 Å². The Morgan fingerprint density at radius 2 is 2.17 bits per heavy atom. The molecular formula is C13H17BrN4. The van der Waals surface area contributed by atoms with Gasteiger partial charge in [0, 0.05) is 17.6 Å². The third kappa shape index (κ3) is 3.17. The molecule has 0 amide bonds. The highest BCUT2D eigenvalue weighted by Gasteiger charge is 2.03. The number of hydrogen-bond donors (Lipinski definition) is 1. The van der Waals surface area contributed by atoms with Crippen LogP contribution >= 0.6 is 15.9 Å². The highest BCUT2D eigenvalue weighted by molar-refractivity contribution is 9.10. The third-order valence-corrected chi connectivity index (χ3v) is 3.58. The number of aromatic nitrogens is 3. The molecule has 0 saturated heterocycles. The van der Waals surface area contributed by atoms with Crippen LogP contribution in [0.2, 0.25) is 0 Å². The number of nitrogens with one attached hydrogen (secondary N) is 1. The Morgan fingerprint density at radius 1 is 1.33 bits per heavy atom. The van der Waals surface area contributed by atoms with E-state index in [0.29, 0.717) is 0 Å². The zero-order valence-corrected chi connectivity index (χ0v) is 12.2. The molecule has 2 rings (SSSR count). The van der Waals surface area contributed by atoms with Crippen molar-refractivity contribution in [2.24, 2.45) is 0 Å². The van der Waals surface area contributed by atoms with Crippen molar-refractivity contribution in [3.05, 3.63) is 46.0 Å². The Balaban J connectivity index is 1.92. The molecule has 1 N–H and O–H groups in total. The second-order valence-corrected chi connectivity index (χ2v) is 5.09. The first kappa shape index (κ1) is 13.2. The Bertz CT molecular complexity index is 521. The van der Waals surface area contributed by atoms with Gasteiger partial charge >= 0.3 is 0 Å². The summed E-state index contributed by atoms with van der Waals surface area (Å²) in [6, 6.07) is 6.39. The van der Waals surface area contributed by atoms with Crippen LogP contribution in [0.15, 0.2) is 29.0 Å². The number of nitrogens with zero attached hydrogens (tertiary/aromatic N) is 3. The fourth-order valence-electron chi connectivity index (χ4n) is 1.78. The monoisotopic (exact) mass is 308 g/mol. The van der Waals surface area contributed by atoms with Crippen molar-refractivity contribution in [2.45, 2.75) is 33.5 Å². The van der Waals surface area contributed by atoms with E-state index in [4.69, 9.17) is 0 Å². The zero-order chi connectivity index (χ0) is 13.0. The van der Waals surface area contributed by atoms with Crippen LogP contribution in [0.3, 0.4) is 0 Å². The molecule has 18 heavy (non-hydrogen) atoms. The molecule has 96 valence electrons. The maximum absolute atomic E-state index is 4.09. The van der Waals surface area contributed by atoms with Gasteiger partial charge in [-0.15, -0.1) is 10.2 Å². The zero-order valence-electron chi connectivity index (χ0n) is 10.7. The summed E-state index contributed by atoms with van der Waals surface area (Å²) in [6.45, 7) is 6.62. The third-order valence-electron chi connectivity index (χ3n) is 2.84. The molecule has 1 aromatic heterocycles. The average molecular weight is 309 g/mol. The van der Waals surface area contributed by atoms with Crippen LogP contribution in [0.5, 0.6) is 0 Å². The lowest BCUT2D eigenvalue weighted by molar-refractivity contribution is 0.611. The van der Waals surface area contributed by atoms with E-state index in [0.717, 1.165) is 29.9 Å². The summed E-state index contributed by atoms with van der Waals surface area (Å²) < 4.78 is 3.18. The lowest BCUT2D eigenvalue weighted by atomic mass is 10.1. The van der Waals surface area contributed by atoms with E-state index in [1.54, 1.807) is 6.33 Å². The van der Waals surface area contributed by atoms with Crippen LogP contribution in [0, 0.1) is 6.92 Å². The quantitative estimate of drug-likeness (QED) is 0.923. The minimum atomic E-state index is 0.730. The van der Waals surface area contributed by atoms with Crippen molar-refractivity contribution >= 4 is 15.9 Å². The Kier molecular flexibility index (Phi) is 4.49.